The average Bonchev–Trinajstić information content (AvgIpc) is 2.38. The first-order chi connectivity index (χ1) is 9.06. The summed E-state index contributed by atoms with van der Waals surface area (Å²) in [7, 11) is 0. The van der Waals surface area contributed by atoms with Gasteiger partial charge >= 0.3 is 0 Å². The highest BCUT2D eigenvalue weighted by atomic mass is 79.9. The van der Waals surface area contributed by atoms with E-state index in [4.69, 9.17) is 5.73 Å². The van der Waals surface area contributed by atoms with E-state index in [2.05, 4.69) is 44.1 Å². The van der Waals surface area contributed by atoms with Crippen molar-refractivity contribution >= 4 is 43.5 Å². The van der Waals surface area contributed by atoms with Crippen LogP contribution in [0.4, 0.5) is 5.69 Å². The lowest BCUT2D eigenvalue weighted by Gasteiger charge is -2.13. The van der Waals surface area contributed by atoms with Crippen LogP contribution < -0.4 is 11.1 Å². The summed E-state index contributed by atoms with van der Waals surface area (Å²) in [4.78, 5) is 11.9. The van der Waals surface area contributed by atoms with Gasteiger partial charge < -0.3 is 11.1 Å². The van der Waals surface area contributed by atoms with Crippen LogP contribution in [0.2, 0.25) is 0 Å². The van der Waals surface area contributed by atoms with Crippen LogP contribution in [0.15, 0.2) is 27.1 Å². The topological polar surface area (TPSA) is 55.1 Å². The molecule has 3 N–H and O–H groups in total. The van der Waals surface area contributed by atoms with Crippen LogP contribution in [-0.2, 0) is 4.79 Å². The average molecular weight is 392 g/mol. The quantitative estimate of drug-likeness (QED) is 0.727. The number of nitrogens with one attached hydrogen (secondary N) is 1. The zero-order valence-electron chi connectivity index (χ0n) is 11.1. The molecule has 0 radical (unpaired) electrons. The molecule has 1 atom stereocenters. The first-order valence-corrected chi connectivity index (χ1v) is 8.10. The van der Waals surface area contributed by atoms with Crippen LogP contribution in [0.1, 0.15) is 32.6 Å². The molecule has 19 heavy (non-hydrogen) atoms. The molecule has 0 fully saturated rings. The SMILES string of the molecule is CCC(CCN)CCC(=O)Nc1ccc(Br)cc1Br. The Balaban J connectivity index is 2.46. The molecule has 0 saturated heterocycles. The number of carbonyl (C=O) groups is 1. The highest BCUT2D eigenvalue weighted by Gasteiger charge is 2.10. The van der Waals surface area contributed by atoms with E-state index in [9.17, 15) is 4.79 Å². The molecule has 5 heteroatoms. The summed E-state index contributed by atoms with van der Waals surface area (Å²) in [6.07, 6.45) is 3.51. The lowest BCUT2D eigenvalue weighted by atomic mass is 9.96. The molecule has 1 aromatic rings. The Morgan fingerprint density at radius 3 is 2.68 bits per heavy atom. The molecule has 0 aromatic heterocycles. The number of benzene rings is 1. The fourth-order valence-corrected chi connectivity index (χ4v) is 3.07. The van der Waals surface area contributed by atoms with E-state index < -0.39 is 0 Å². The highest BCUT2D eigenvalue weighted by molar-refractivity contribution is 9.11. The Morgan fingerprint density at radius 2 is 2.11 bits per heavy atom. The van der Waals surface area contributed by atoms with E-state index in [0.29, 0.717) is 18.9 Å². The van der Waals surface area contributed by atoms with E-state index >= 15 is 0 Å². The van der Waals surface area contributed by atoms with Gasteiger partial charge in [-0.3, -0.25) is 4.79 Å². The minimum Gasteiger partial charge on any atom is -0.330 e. The van der Waals surface area contributed by atoms with Crippen molar-refractivity contribution in [3.8, 4) is 0 Å². The molecule has 0 aliphatic heterocycles. The van der Waals surface area contributed by atoms with Crippen molar-refractivity contribution in [3.05, 3.63) is 27.1 Å². The molecular formula is C14H20Br2N2O. The monoisotopic (exact) mass is 390 g/mol. The zero-order valence-corrected chi connectivity index (χ0v) is 14.3. The van der Waals surface area contributed by atoms with Crippen LogP contribution in [-0.4, -0.2) is 12.5 Å². The summed E-state index contributed by atoms with van der Waals surface area (Å²) in [5.41, 5.74) is 6.36. The standard InChI is InChI=1S/C14H20Br2N2O/c1-2-10(7-8-17)3-6-14(19)18-13-5-4-11(15)9-12(13)16/h4-5,9-10H,2-3,6-8,17H2,1H3,(H,18,19). The van der Waals surface area contributed by atoms with Crippen molar-refractivity contribution in [2.24, 2.45) is 11.7 Å². The van der Waals surface area contributed by atoms with Gasteiger partial charge in [0.2, 0.25) is 5.91 Å². The Labute approximate surface area is 131 Å². The second-order valence-electron chi connectivity index (χ2n) is 4.56. The molecule has 0 saturated carbocycles. The van der Waals surface area contributed by atoms with Gasteiger partial charge in [-0.25, -0.2) is 0 Å². The van der Waals surface area contributed by atoms with Crippen molar-refractivity contribution < 1.29 is 4.79 Å². The molecule has 0 bridgehead atoms. The maximum atomic E-state index is 11.9. The predicted octanol–water partition coefficient (Wildman–Crippen LogP) is 4.31. The van der Waals surface area contributed by atoms with Gasteiger partial charge in [0.15, 0.2) is 0 Å². The normalized spacial score (nSPS) is 12.2. The third-order valence-corrected chi connectivity index (χ3v) is 4.29. The Hall–Kier alpha value is -0.390. The summed E-state index contributed by atoms with van der Waals surface area (Å²) in [6, 6.07) is 5.70. The molecular weight excluding hydrogens is 372 g/mol. The number of hydrogen-bond donors (Lipinski definition) is 2. The number of rotatable bonds is 7. The molecule has 3 nitrogen and oxygen atoms in total. The Morgan fingerprint density at radius 1 is 1.37 bits per heavy atom. The first-order valence-electron chi connectivity index (χ1n) is 6.51. The van der Waals surface area contributed by atoms with Crippen LogP contribution in [0, 0.1) is 5.92 Å². The second kappa shape index (κ2) is 8.72. The van der Waals surface area contributed by atoms with Crippen molar-refractivity contribution in [1.29, 1.82) is 0 Å². The summed E-state index contributed by atoms with van der Waals surface area (Å²) in [5, 5.41) is 2.92. The second-order valence-corrected chi connectivity index (χ2v) is 6.33. The van der Waals surface area contributed by atoms with Crippen LogP contribution in [0.25, 0.3) is 0 Å². The fourth-order valence-electron chi connectivity index (χ4n) is 1.93. The minimum atomic E-state index is 0.0542. The van der Waals surface area contributed by atoms with E-state index in [1.807, 2.05) is 18.2 Å². The number of nitrogens with two attached hydrogens (primary N) is 1. The predicted molar refractivity (Wildman–Crippen MR) is 87.2 cm³/mol. The maximum Gasteiger partial charge on any atom is 0.224 e. The largest absolute Gasteiger partial charge is 0.330 e. The molecule has 1 amide bonds. The van der Waals surface area contributed by atoms with Gasteiger partial charge in [-0.05, 0) is 59.4 Å². The highest BCUT2D eigenvalue weighted by Crippen LogP contribution is 2.26. The van der Waals surface area contributed by atoms with Crippen LogP contribution >= 0.6 is 31.9 Å². The number of amides is 1. The molecule has 0 aliphatic carbocycles. The van der Waals surface area contributed by atoms with Gasteiger partial charge in [0, 0.05) is 15.4 Å². The van der Waals surface area contributed by atoms with Gasteiger partial charge in [-0.1, -0.05) is 29.3 Å². The molecule has 106 valence electrons. The molecule has 1 aromatic carbocycles. The first kappa shape index (κ1) is 16.7. The van der Waals surface area contributed by atoms with Crippen molar-refractivity contribution in [2.75, 3.05) is 11.9 Å². The summed E-state index contributed by atoms with van der Waals surface area (Å²) >= 11 is 6.82. The summed E-state index contributed by atoms with van der Waals surface area (Å²) in [6.45, 7) is 2.84. The molecule has 0 aliphatic rings. The maximum absolute atomic E-state index is 11.9. The van der Waals surface area contributed by atoms with E-state index in [-0.39, 0.29) is 5.91 Å². The Kier molecular flexibility index (Phi) is 7.64. The number of carbonyl (C=O) groups excluding carboxylic acids is 1. The lowest BCUT2D eigenvalue weighted by Crippen LogP contribution is -2.15. The van der Waals surface area contributed by atoms with Crippen LogP contribution in [0.3, 0.4) is 0 Å². The van der Waals surface area contributed by atoms with Crippen molar-refractivity contribution in [1.82, 2.24) is 0 Å². The number of anilines is 1. The zero-order chi connectivity index (χ0) is 14.3. The summed E-state index contributed by atoms with van der Waals surface area (Å²) in [5.74, 6) is 0.600. The summed E-state index contributed by atoms with van der Waals surface area (Å²) < 4.78 is 1.86. The smallest absolute Gasteiger partial charge is 0.224 e. The van der Waals surface area contributed by atoms with Gasteiger partial charge in [0.1, 0.15) is 0 Å². The van der Waals surface area contributed by atoms with Gasteiger partial charge in [-0.15, -0.1) is 0 Å². The van der Waals surface area contributed by atoms with E-state index in [1.54, 1.807) is 0 Å². The van der Waals surface area contributed by atoms with Gasteiger partial charge in [0.05, 0.1) is 5.69 Å². The van der Waals surface area contributed by atoms with E-state index in [0.717, 1.165) is 33.9 Å². The fraction of sp³-hybridized carbons (Fsp3) is 0.500. The van der Waals surface area contributed by atoms with Crippen molar-refractivity contribution in [2.45, 2.75) is 32.6 Å². The number of hydrogen-bond acceptors (Lipinski definition) is 2. The minimum absolute atomic E-state index is 0.0542. The number of halogens is 2. The third kappa shape index (κ3) is 6.06. The molecule has 1 rings (SSSR count). The van der Waals surface area contributed by atoms with Crippen molar-refractivity contribution in [3.63, 3.8) is 0 Å². The Bertz CT molecular complexity index is 424. The van der Waals surface area contributed by atoms with E-state index in [1.165, 1.54) is 0 Å². The van der Waals surface area contributed by atoms with Crippen LogP contribution in [0.5, 0.6) is 0 Å². The van der Waals surface area contributed by atoms with Gasteiger partial charge in [-0.2, -0.15) is 0 Å². The molecule has 0 heterocycles. The lowest BCUT2D eigenvalue weighted by molar-refractivity contribution is -0.116. The molecule has 0 spiro atoms. The third-order valence-electron chi connectivity index (χ3n) is 3.14. The molecule has 1 unspecified atom stereocenters. The van der Waals surface area contributed by atoms with Gasteiger partial charge in [0.25, 0.3) is 0 Å².